The van der Waals surface area contributed by atoms with Crippen LogP contribution in [0.2, 0.25) is 0 Å². The molecule has 1 heterocycles. The maximum Gasteiger partial charge on any atom is 0.255 e. The highest BCUT2D eigenvalue weighted by Crippen LogP contribution is 2.53. The normalized spacial score (nSPS) is 26.9. The Kier molecular flexibility index (Phi) is 3.87. The van der Waals surface area contributed by atoms with Crippen LogP contribution in [0.3, 0.4) is 0 Å². The molecule has 2 aliphatic carbocycles. The number of imide groups is 1. The van der Waals surface area contributed by atoms with Crippen LogP contribution in [0.15, 0.2) is 54.6 Å². The van der Waals surface area contributed by atoms with Crippen molar-refractivity contribution in [3.05, 3.63) is 71.8 Å². The number of nitrogens with zero attached hydrogens (tertiary/aromatic N) is 1. The molecular weight excluding hydrogens is 378 g/mol. The number of fused-ring (bicyclic) bond motifs is 5. The first kappa shape index (κ1) is 17.7. The molecule has 0 aromatic heterocycles. The number of amides is 3. The van der Waals surface area contributed by atoms with E-state index >= 15 is 0 Å². The van der Waals surface area contributed by atoms with E-state index in [1.165, 1.54) is 29.2 Å². The lowest BCUT2D eigenvalue weighted by molar-refractivity contribution is -0.123. The largest absolute Gasteiger partial charge is 0.319 e. The number of anilines is 2. The predicted octanol–water partition coefficient (Wildman–Crippen LogP) is 3.53. The fourth-order valence-electron chi connectivity index (χ4n) is 4.70. The molecule has 7 heteroatoms. The van der Waals surface area contributed by atoms with Crippen LogP contribution >= 0.6 is 0 Å². The second kappa shape index (κ2) is 6.34. The summed E-state index contributed by atoms with van der Waals surface area (Å²) in [5, 5.41) is 2.38. The fourth-order valence-corrected chi connectivity index (χ4v) is 4.70. The number of carbonyl (C=O) groups is 3. The molecule has 1 saturated heterocycles. The molecule has 5 nitrogen and oxygen atoms in total. The summed E-state index contributed by atoms with van der Waals surface area (Å²) in [5.41, 5.74) is 0.498. The number of allylic oxidation sites excluding steroid dienone is 2. The van der Waals surface area contributed by atoms with Crippen LogP contribution in [0, 0.1) is 35.3 Å². The average molecular weight is 394 g/mol. The molecular formula is C22H16F2N2O3. The smallest absolute Gasteiger partial charge is 0.255 e. The van der Waals surface area contributed by atoms with Gasteiger partial charge < -0.3 is 5.32 Å². The molecule has 0 radical (unpaired) electrons. The van der Waals surface area contributed by atoms with Gasteiger partial charge in [0.05, 0.1) is 23.2 Å². The van der Waals surface area contributed by atoms with E-state index < -0.39 is 17.5 Å². The number of rotatable bonds is 3. The van der Waals surface area contributed by atoms with Crippen molar-refractivity contribution < 1.29 is 23.2 Å². The summed E-state index contributed by atoms with van der Waals surface area (Å²) in [5.74, 6) is -2.91. The van der Waals surface area contributed by atoms with Crippen LogP contribution in [0.1, 0.15) is 16.8 Å². The van der Waals surface area contributed by atoms with E-state index in [1.54, 1.807) is 0 Å². The number of nitrogens with one attached hydrogen (secondary N) is 1. The third-order valence-corrected chi connectivity index (χ3v) is 6.04. The molecule has 4 atom stereocenters. The lowest BCUT2D eigenvalue weighted by Crippen LogP contribution is -2.32. The minimum Gasteiger partial charge on any atom is -0.319 e. The Morgan fingerprint density at radius 1 is 0.931 bits per heavy atom. The Balaban J connectivity index is 1.35. The lowest BCUT2D eigenvalue weighted by Gasteiger charge is -2.17. The Morgan fingerprint density at radius 2 is 1.55 bits per heavy atom. The monoisotopic (exact) mass is 394 g/mol. The van der Waals surface area contributed by atoms with Gasteiger partial charge in [0.15, 0.2) is 0 Å². The maximum atomic E-state index is 13.7. The zero-order valence-corrected chi connectivity index (χ0v) is 15.1. The van der Waals surface area contributed by atoms with E-state index in [1.807, 2.05) is 12.2 Å². The molecule has 0 unspecified atom stereocenters. The van der Waals surface area contributed by atoms with E-state index in [4.69, 9.17) is 0 Å². The first-order valence-electron chi connectivity index (χ1n) is 9.36. The van der Waals surface area contributed by atoms with Gasteiger partial charge >= 0.3 is 0 Å². The molecule has 2 bridgehead atoms. The van der Waals surface area contributed by atoms with Crippen LogP contribution in [-0.2, 0) is 9.59 Å². The summed E-state index contributed by atoms with van der Waals surface area (Å²) in [6, 6.07) is 8.86. The molecule has 29 heavy (non-hydrogen) atoms. The van der Waals surface area contributed by atoms with Crippen molar-refractivity contribution in [2.24, 2.45) is 23.7 Å². The average Bonchev–Trinajstić information content (AvgIpc) is 3.38. The lowest BCUT2D eigenvalue weighted by atomic mass is 9.85. The molecule has 0 spiro atoms. The van der Waals surface area contributed by atoms with Crippen molar-refractivity contribution >= 4 is 29.1 Å². The third kappa shape index (κ3) is 2.68. The van der Waals surface area contributed by atoms with Crippen molar-refractivity contribution in [3.63, 3.8) is 0 Å². The minimum absolute atomic E-state index is 0.127. The molecule has 2 aromatic rings. The predicted molar refractivity (Wildman–Crippen MR) is 101 cm³/mol. The van der Waals surface area contributed by atoms with Gasteiger partial charge in [0.2, 0.25) is 11.8 Å². The van der Waals surface area contributed by atoms with Crippen LogP contribution in [0.25, 0.3) is 0 Å². The van der Waals surface area contributed by atoms with E-state index in [0.717, 1.165) is 18.6 Å². The molecule has 146 valence electrons. The highest BCUT2D eigenvalue weighted by Gasteiger charge is 2.59. The third-order valence-electron chi connectivity index (χ3n) is 6.04. The van der Waals surface area contributed by atoms with Crippen molar-refractivity contribution in [2.75, 3.05) is 10.2 Å². The second-order valence-corrected chi connectivity index (χ2v) is 7.64. The summed E-state index contributed by atoms with van der Waals surface area (Å²) < 4.78 is 26.7. The number of hydrogen-bond donors (Lipinski definition) is 1. The second-order valence-electron chi connectivity index (χ2n) is 7.64. The summed E-state index contributed by atoms with van der Waals surface area (Å²) in [6.45, 7) is 0. The van der Waals surface area contributed by atoms with Gasteiger partial charge in [0, 0.05) is 11.6 Å². The fraction of sp³-hybridized carbons (Fsp3) is 0.227. The molecule has 3 aliphatic rings. The SMILES string of the molecule is O=C(Nc1ccc(F)cc1F)c1ccc(N2C(=O)[C@@H]3[C@H](C2=O)[C@@H]2C=C[C@H]3C2)cc1. The quantitative estimate of drug-likeness (QED) is 0.640. The van der Waals surface area contributed by atoms with Crippen molar-refractivity contribution in [3.8, 4) is 0 Å². The van der Waals surface area contributed by atoms with Crippen LogP contribution in [0.5, 0.6) is 0 Å². The number of halogens is 2. The Hall–Kier alpha value is -3.35. The maximum absolute atomic E-state index is 13.7. The number of benzene rings is 2. The minimum atomic E-state index is -0.877. The van der Waals surface area contributed by atoms with E-state index in [0.29, 0.717) is 11.8 Å². The Bertz CT molecular complexity index is 1050. The van der Waals surface area contributed by atoms with Crippen LogP contribution in [0.4, 0.5) is 20.2 Å². The van der Waals surface area contributed by atoms with Gasteiger partial charge in [0.25, 0.3) is 5.91 Å². The summed E-state index contributed by atoms with van der Waals surface area (Å²) >= 11 is 0. The number of carbonyl (C=O) groups excluding carboxylic acids is 3. The summed E-state index contributed by atoms with van der Waals surface area (Å²) in [7, 11) is 0. The highest BCUT2D eigenvalue weighted by atomic mass is 19.1. The molecule has 1 N–H and O–H groups in total. The molecule has 5 rings (SSSR count). The van der Waals surface area contributed by atoms with Crippen molar-refractivity contribution in [1.29, 1.82) is 0 Å². The topological polar surface area (TPSA) is 66.5 Å². The van der Waals surface area contributed by atoms with Gasteiger partial charge in [0.1, 0.15) is 11.6 Å². The summed E-state index contributed by atoms with van der Waals surface area (Å²) in [6.07, 6.45) is 4.92. The molecule has 1 aliphatic heterocycles. The van der Waals surface area contributed by atoms with Gasteiger partial charge in [-0.1, -0.05) is 12.2 Å². The van der Waals surface area contributed by atoms with E-state index in [9.17, 15) is 23.2 Å². The van der Waals surface area contributed by atoms with Gasteiger partial charge in [-0.15, -0.1) is 0 Å². The Labute approximate surface area is 165 Å². The van der Waals surface area contributed by atoms with Crippen molar-refractivity contribution in [1.82, 2.24) is 0 Å². The van der Waals surface area contributed by atoms with Gasteiger partial charge in [-0.05, 0) is 54.7 Å². The van der Waals surface area contributed by atoms with Gasteiger partial charge in [-0.2, -0.15) is 0 Å². The number of hydrogen-bond acceptors (Lipinski definition) is 3. The summed E-state index contributed by atoms with van der Waals surface area (Å²) in [4.78, 5) is 39.2. The highest BCUT2D eigenvalue weighted by molar-refractivity contribution is 6.23. The van der Waals surface area contributed by atoms with E-state index in [-0.39, 0.29) is 46.7 Å². The molecule has 2 aromatic carbocycles. The van der Waals surface area contributed by atoms with E-state index in [2.05, 4.69) is 5.32 Å². The Morgan fingerprint density at radius 3 is 2.14 bits per heavy atom. The van der Waals surface area contributed by atoms with Gasteiger partial charge in [-0.25, -0.2) is 8.78 Å². The molecule has 1 saturated carbocycles. The molecule has 2 fully saturated rings. The standard InChI is InChI=1S/C22H16F2N2O3/c23-14-5-8-17(16(24)10-14)25-20(27)11-3-6-15(7-4-11)26-21(28)18-12-1-2-13(9-12)19(18)22(26)29/h1-8,10,12-13,18-19H,9H2,(H,25,27)/t12-,13+,18-,19+. The first-order valence-corrected chi connectivity index (χ1v) is 9.36. The van der Waals surface area contributed by atoms with Crippen LogP contribution in [-0.4, -0.2) is 17.7 Å². The zero-order valence-electron chi connectivity index (χ0n) is 15.1. The van der Waals surface area contributed by atoms with Gasteiger partial charge in [-0.3, -0.25) is 19.3 Å². The first-order chi connectivity index (χ1) is 13.9. The van der Waals surface area contributed by atoms with Crippen LogP contribution < -0.4 is 10.2 Å². The molecule has 3 amide bonds. The zero-order chi connectivity index (χ0) is 20.3. The van der Waals surface area contributed by atoms with Crippen molar-refractivity contribution in [2.45, 2.75) is 6.42 Å².